The molecule has 0 saturated heterocycles. The molecule has 1 amide bonds. The third-order valence-corrected chi connectivity index (χ3v) is 5.95. The molecule has 0 aliphatic rings. The van der Waals surface area contributed by atoms with E-state index in [4.69, 9.17) is 12.2 Å². The smallest absolute Gasteiger partial charge is 0.222 e. The first-order valence-electron chi connectivity index (χ1n) is 6.83. The fraction of sp³-hybridized carbons (Fsp3) is 0.214. The molecule has 0 saturated carbocycles. The van der Waals surface area contributed by atoms with E-state index in [1.165, 1.54) is 0 Å². The summed E-state index contributed by atoms with van der Waals surface area (Å²) in [4.78, 5) is 14.2. The maximum atomic E-state index is 12.0. The van der Waals surface area contributed by atoms with Crippen molar-refractivity contribution >= 4 is 56.7 Å². The maximum absolute atomic E-state index is 12.0. The van der Waals surface area contributed by atoms with Crippen LogP contribution in [-0.4, -0.2) is 20.7 Å². The zero-order valence-electron chi connectivity index (χ0n) is 11.9. The lowest BCUT2D eigenvalue weighted by atomic mass is 10.3. The summed E-state index contributed by atoms with van der Waals surface area (Å²) in [5.41, 5.74) is 0. The van der Waals surface area contributed by atoms with Crippen LogP contribution < -0.4 is 5.32 Å². The minimum Gasteiger partial charge on any atom is -0.351 e. The standard InChI is InChI=1S/C14H13BrN4OS3/c15-11-4-3-9(23-11)8-16-12(20)5-6-19-13(17-18-14(19)21)10-2-1-7-22-10/h1-4,7H,5-6,8H2,(H,16,20)(H,18,21). The molecule has 23 heavy (non-hydrogen) atoms. The van der Waals surface area contributed by atoms with E-state index in [0.717, 1.165) is 19.4 Å². The third-order valence-electron chi connectivity index (χ3n) is 3.15. The second kappa shape index (κ2) is 7.52. The zero-order chi connectivity index (χ0) is 16.2. The van der Waals surface area contributed by atoms with Crippen molar-refractivity contribution in [3.05, 3.63) is 43.1 Å². The van der Waals surface area contributed by atoms with E-state index in [9.17, 15) is 4.79 Å². The number of thiophene rings is 2. The van der Waals surface area contributed by atoms with Crippen LogP contribution in [0.3, 0.4) is 0 Å². The van der Waals surface area contributed by atoms with Crippen molar-refractivity contribution in [2.24, 2.45) is 0 Å². The molecular weight excluding hydrogens is 416 g/mol. The minimum atomic E-state index is -0.00486. The number of carbonyl (C=O) groups excluding carboxylic acids is 1. The van der Waals surface area contributed by atoms with Gasteiger partial charge in [-0.25, -0.2) is 0 Å². The monoisotopic (exact) mass is 428 g/mol. The molecule has 3 aromatic rings. The largest absolute Gasteiger partial charge is 0.351 e. The quantitative estimate of drug-likeness (QED) is 0.578. The first-order valence-corrected chi connectivity index (χ1v) is 9.73. The van der Waals surface area contributed by atoms with Gasteiger partial charge in [-0.2, -0.15) is 5.10 Å². The number of carbonyl (C=O) groups is 1. The summed E-state index contributed by atoms with van der Waals surface area (Å²) in [6, 6.07) is 7.93. The van der Waals surface area contributed by atoms with Crippen molar-refractivity contribution in [3.8, 4) is 10.7 Å². The Morgan fingerprint density at radius 2 is 2.30 bits per heavy atom. The molecule has 0 spiro atoms. The molecule has 3 heterocycles. The molecule has 0 bridgehead atoms. The van der Waals surface area contributed by atoms with E-state index < -0.39 is 0 Å². The molecule has 3 rings (SSSR count). The van der Waals surface area contributed by atoms with Crippen LogP contribution in [-0.2, 0) is 17.9 Å². The number of rotatable bonds is 6. The van der Waals surface area contributed by atoms with Crippen LogP contribution >= 0.6 is 50.8 Å². The predicted octanol–water partition coefficient (Wildman–Crippen LogP) is 4.20. The number of H-pyrrole nitrogens is 1. The second-order valence-corrected chi connectivity index (χ2v) is 8.60. The summed E-state index contributed by atoms with van der Waals surface area (Å²) in [6.07, 6.45) is 0.360. The fourth-order valence-corrected chi connectivity index (χ4v) is 4.42. The SMILES string of the molecule is O=C(CCn1c(-c2cccs2)n[nH]c1=S)NCc1ccc(Br)s1. The highest BCUT2D eigenvalue weighted by Gasteiger charge is 2.11. The average Bonchev–Trinajstić information content (AvgIpc) is 3.24. The Morgan fingerprint density at radius 3 is 3.00 bits per heavy atom. The van der Waals surface area contributed by atoms with Crippen LogP contribution in [0.25, 0.3) is 10.7 Å². The van der Waals surface area contributed by atoms with Crippen molar-refractivity contribution < 1.29 is 4.79 Å². The summed E-state index contributed by atoms with van der Waals surface area (Å²) in [5.74, 6) is 0.773. The van der Waals surface area contributed by atoms with Gasteiger partial charge in [0.15, 0.2) is 10.6 Å². The van der Waals surface area contributed by atoms with Gasteiger partial charge in [-0.1, -0.05) is 6.07 Å². The van der Waals surface area contributed by atoms with E-state index in [-0.39, 0.29) is 5.91 Å². The Morgan fingerprint density at radius 1 is 1.43 bits per heavy atom. The van der Waals surface area contributed by atoms with Gasteiger partial charge >= 0.3 is 0 Å². The Hall–Kier alpha value is -1.29. The lowest BCUT2D eigenvalue weighted by Crippen LogP contribution is -2.23. The number of amides is 1. The van der Waals surface area contributed by atoms with Gasteiger partial charge in [0, 0.05) is 17.8 Å². The van der Waals surface area contributed by atoms with Gasteiger partial charge in [-0.05, 0) is 51.7 Å². The number of nitrogens with zero attached hydrogens (tertiary/aromatic N) is 2. The number of hydrogen-bond donors (Lipinski definition) is 2. The third kappa shape index (κ3) is 4.17. The van der Waals surface area contributed by atoms with Crippen LogP contribution in [0, 0.1) is 4.77 Å². The van der Waals surface area contributed by atoms with Crippen molar-refractivity contribution in [2.75, 3.05) is 0 Å². The van der Waals surface area contributed by atoms with Crippen molar-refractivity contribution in [1.82, 2.24) is 20.1 Å². The number of nitrogens with one attached hydrogen (secondary N) is 2. The number of aromatic nitrogens is 3. The fourth-order valence-electron chi connectivity index (χ4n) is 2.05. The molecule has 0 aliphatic heterocycles. The van der Waals surface area contributed by atoms with Gasteiger partial charge in [-0.3, -0.25) is 14.5 Å². The first-order chi connectivity index (χ1) is 11.1. The molecular formula is C14H13BrN4OS3. The Labute approximate surface area is 154 Å². The zero-order valence-corrected chi connectivity index (χ0v) is 15.9. The van der Waals surface area contributed by atoms with Crippen LogP contribution in [0.2, 0.25) is 0 Å². The van der Waals surface area contributed by atoms with E-state index >= 15 is 0 Å². The van der Waals surface area contributed by atoms with Crippen molar-refractivity contribution in [2.45, 2.75) is 19.5 Å². The van der Waals surface area contributed by atoms with Crippen LogP contribution in [0.15, 0.2) is 33.4 Å². The number of halogens is 1. The second-order valence-electron chi connectivity index (χ2n) is 4.71. The number of hydrogen-bond acceptors (Lipinski definition) is 5. The highest BCUT2D eigenvalue weighted by atomic mass is 79.9. The van der Waals surface area contributed by atoms with Gasteiger partial charge in [0.1, 0.15) is 0 Å². The predicted molar refractivity (Wildman–Crippen MR) is 99.2 cm³/mol. The lowest BCUT2D eigenvalue weighted by Gasteiger charge is -2.06. The topological polar surface area (TPSA) is 62.7 Å². The maximum Gasteiger partial charge on any atom is 0.222 e. The molecule has 5 nitrogen and oxygen atoms in total. The molecule has 0 atom stereocenters. The van der Waals surface area contributed by atoms with Gasteiger partial charge in [0.25, 0.3) is 0 Å². The van der Waals surface area contributed by atoms with Crippen LogP contribution in [0.1, 0.15) is 11.3 Å². The highest BCUT2D eigenvalue weighted by molar-refractivity contribution is 9.11. The summed E-state index contributed by atoms with van der Waals surface area (Å²) in [7, 11) is 0. The number of aromatic amines is 1. The van der Waals surface area contributed by atoms with Crippen LogP contribution in [0.5, 0.6) is 0 Å². The van der Waals surface area contributed by atoms with Gasteiger partial charge in [0.05, 0.1) is 15.2 Å². The van der Waals surface area contributed by atoms with Crippen LogP contribution in [0.4, 0.5) is 0 Å². The Kier molecular flexibility index (Phi) is 5.42. The van der Waals surface area contributed by atoms with E-state index in [0.29, 0.717) is 24.3 Å². The summed E-state index contributed by atoms with van der Waals surface area (Å²) < 4.78 is 3.46. The van der Waals surface area contributed by atoms with E-state index in [2.05, 4.69) is 31.4 Å². The molecule has 0 aliphatic carbocycles. The lowest BCUT2D eigenvalue weighted by molar-refractivity contribution is -0.121. The molecule has 0 unspecified atom stereocenters. The summed E-state index contributed by atoms with van der Waals surface area (Å²) in [5, 5.41) is 12.0. The molecule has 3 aromatic heterocycles. The molecule has 0 fully saturated rings. The molecule has 120 valence electrons. The molecule has 2 N–H and O–H groups in total. The van der Waals surface area contributed by atoms with Crippen molar-refractivity contribution in [3.63, 3.8) is 0 Å². The summed E-state index contributed by atoms with van der Waals surface area (Å²) >= 11 is 11.9. The van der Waals surface area contributed by atoms with Gasteiger partial charge in [0.2, 0.25) is 5.91 Å². The highest BCUT2D eigenvalue weighted by Crippen LogP contribution is 2.23. The van der Waals surface area contributed by atoms with Gasteiger partial charge < -0.3 is 5.32 Å². The Bertz CT molecular complexity index is 850. The molecule has 9 heteroatoms. The molecule has 0 aromatic carbocycles. The summed E-state index contributed by atoms with van der Waals surface area (Å²) in [6.45, 7) is 1.05. The average molecular weight is 429 g/mol. The van der Waals surface area contributed by atoms with Gasteiger partial charge in [-0.15, -0.1) is 22.7 Å². The molecule has 0 radical (unpaired) electrons. The Balaban J connectivity index is 1.59. The van der Waals surface area contributed by atoms with E-state index in [1.807, 2.05) is 34.2 Å². The normalized spacial score (nSPS) is 10.8. The first kappa shape index (κ1) is 16.6. The minimum absolute atomic E-state index is 0.00486. The van der Waals surface area contributed by atoms with E-state index in [1.54, 1.807) is 22.7 Å². The van der Waals surface area contributed by atoms with Crippen molar-refractivity contribution in [1.29, 1.82) is 0 Å².